The molecule has 3 aliphatic rings. The molecule has 354 valence electrons. The summed E-state index contributed by atoms with van der Waals surface area (Å²) in [5, 5.41) is 49.0. The van der Waals surface area contributed by atoms with E-state index in [-0.39, 0.29) is 78.7 Å². The smallest absolute Gasteiger partial charge is 0.326 e. The number of carboxylic acid groups (broad SMARTS) is 3. The molecule has 0 aliphatic carbocycles. The van der Waals surface area contributed by atoms with Gasteiger partial charge in [0.1, 0.15) is 17.8 Å². The highest BCUT2D eigenvalue weighted by Gasteiger charge is 2.37. The minimum atomic E-state index is -1.30. The van der Waals surface area contributed by atoms with Crippen LogP contribution < -0.4 is 63.9 Å². The molecule has 15 N–H and O–H groups in total. The third kappa shape index (κ3) is 11.6. The first-order valence-corrected chi connectivity index (χ1v) is 20.4. The Morgan fingerprint density at radius 1 is 0.821 bits per heavy atom. The number of benzene rings is 2. The molecule has 1 unspecified atom stereocenters. The van der Waals surface area contributed by atoms with Gasteiger partial charge in [-0.3, -0.25) is 44.1 Å². The summed E-state index contributed by atoms with van der Waals surface area (Å²) in [5.41, 5.74) is 13.0. The third-order valence-corrected chi connectivity index (χ3v) is 10.7. The number of hydrogen-bond donors (Lipinski definition) is 13. The lowest BCUT2D eigenvalue weighted by Crippen LogP contribution is -2.49. The third-order valence-electron chi connectivity index (χ3n) is 10.7. The summed E-state index contributed by atoms with van der Waals surface area (Å²) in [5.74, 6) is -4.10. The number of hydrogen-bond acceptors (Lipinski definition) is 19. The molecule has 2 aromatic carbocycles. The van der Waals surface area contributed by atoms with Crippen LogP contribution in [0.5, 0.6) is 0 Å². The van der Waals surface area contributed by atoms with E-state index in [2.05, 4.69) is 51.3 Å². The first kappa shape index (κ1) is 47.6. The number of nitrogens with one attached hydrogen (secondary N) is 8. The van der Waals surface area contributed by atoms with Crippen molar-refractivity contribution in [3.8, 4) is 0 Å². The summed E-state index contributed by atoms with van der Waals surface area (Å²) in [7, 11) is 0. The maximum atomic E-state index is 12.4. The number of carbonyl (C=O) groups excluding carboxylic acids is 3. The van der Waals surface area contributed by atoms with Gasteiger partial charge >= 0.3 is 17.9 Å². The van der Waals surface area contributed by atoms with Crippen LogP contribution in [-0.4, -0.2) is 141 Å². The Hall–Kier alpha value is -8.91. The number of rotatable bonds is 18. The number of nitrogen functional groups attached to an aromatic ring is 2. The molecule has 1 saturated heterocycles. The van der Waals surface area contributed by atoms with E-state index in [0.717, 1.165) is 12.0 Å². The van der Waals surface area contributed by atoms with Gasteiger partial charge in [-0.1, -0.05) is 0 Å². The maximum Gasteiger partial charge on any atom is 0.326 e. The molecule has 0 spiro atoms. The van der Waals surface area contributed by atoms with Crippen molar-refractivity contribution in [3.05, 3.63) is 80.4 Å². The summed E-state index contributed by atoms with van der Waals surface area (Å²) in [4.78, 5) is 112. The number of carboxylic acids is 3. The normalized spacial score (nSPS) is 16.4. The second kappa shape index (κ2) is 21.2. The average Bonchev–Trinajstić information content (AvgIpc) is 3.73. The van der Waals surface area contributed by atoms with Crippen LogP contribution in [0.2, 0.25) is 0 Å². The van der Waals surface area contributed by atoms with Crippen LogP contribution in [0.4, 0.5) is 46.3 Å². The second-order valence-electron chi connectivity index (χ2n) is 15.2. The highest BCUT2D eigenvalue weighted by atomic mass is 16.5. The number of nitrogens with two attached hydrogens (primary N) is 2. The molecule has 7 rings (SSSR count). The van der Waals surface area contributed by atoms with Crippen LogP contribution in [-0.2, 0) is 23.9 Å². The fraction of sp³-hybridized carbons (Fsp3) is 0.325. The van der Waals surface area contributed by atoms with Crippen molar-refractivity contribution in [2.75, 3.05) is 81.6 Å². The van der Waals surface area contributed by atoms with Gasteiger partial charge in [-0.2, -0.15) is 9.97 Å². The lowest BCUT2D eigenvalue weighted by atomic mass is 10.1. The Morgan fingerprint density at radius 2 is 1.37 bits per heavy atom. The molecule has 4 atom stereocenters. The van der Waals surface area contributed by atoms with Crippen LogP contribution in [0.25, 0.3) is 0 Å². The SMILES string of the molecule is N=CN1c2c(nc(N)[nH]c2=O)NC[C@@H]1CNc1ccc(C(=O)N[C@@H](CCOC=O)C(=O)O)cc1.Nc1nc2c(c(=O)[nH]1)N1CN(c3ccc(C(=O)N[C@@H](CCC(=O)O)C(=O)O)cc3)CC1CN2. The number of ether oxygens (including phenoxy) is 1. The van der Waals surface area contributed by atoms with Gasteiger partial charge in [0.2, 0.25) is 11.9 Å². The average molecular weight is 930 g/mol. The number of H-pyrrole nitrogens is 2. The highest BCUT2D eigenvalue weighted by Crippen LogP contribution is 2.32. The van der Waals surface area contributed by atoms with E-state index < -0.39 is 47.4 Å². The van der Waals surface area contributed by atoms with Crippen molar-refractivity contribution in [1.82, 2.24) is 30.6 Å². The lowest BCUT2D eigenvalue weighted by molar-refractivity contribution is -0.141. The molecule has 2 amide bonds. The van der Waals surface area contributed by atoms with Crippen LogP contribution in [0, 0.1) is 5.41 Å². The predicted molar refractivity (Wildman–Crippen MR) is 242 cm³/mol. The van der Waals surface area contributed by atoms with Gasteiger partial charge in [0.15, 0.2) is 17.3 Å². The van der Waals surface area contributed by atoms with Crippen molar-refractivity contribution in [3.63, 3.8) is 0 Å². The molecule has 67 heavy (non-hydrogen) atoms. The van der Waals surface area contributed by atoms with Crippen molar-refractivity contribution in [1.29, 1.82) is 5.41 Å². The number of aliphatic carboxylic acids is 3. The summed E-state index contributed by atoms with van der Waals surface area (Å²) in [6, 6.07) is 10.2. The summed E-state index contributed by atoms with van der Waals surface area (Å²) in [6.45, 7) is 2.50. The summed E-state index contributed by atoms with van der Waals surface area (Å²) < 4.78 is 4.49. The molecule has 2 aromatic heterocycles. The quantitative estimate of drug-likeness (QED) is 0.0244. The Morgan fingerprint density at radius 3 is 1.94 bits per heavy atom. The molecule has 27 nitrogen and oxygen atoms in total. The number of fused-ring (bicyclic) bond motifs is 4. The monoisotopic (exact) mass is 929 g/mol. The number of anilines is 8. The highest BCUT2D eigenvalue weighted by molar-refractivity contribution is 5.97. The number of carbonyl (C=O) groups is 6. The fourth-order valence-electron chi connectivity index (χ4n) is 7.40. The Labute approximate surface area is 378 Å². The molecule has 5 heterocycles. The van der Waals surface area contributed by atoms with E-state index in [1.165, 1.54) is 17.0 Å². The number of nitrogens with zero attached hydrogens (tertiary/aromatic N) is 5. The lowest BCUT2D eigenvalue weighted by Gasteiger charge is -2.35. The zero-order valence-electron chi connectivity index (χ0n) is 35.4. The summed E-state index contributed by atoms with van der Waals surface area (Å²) >= 11 is 0. The summed E-state index contributed by atoms with van der Waals surface area (Å²) in [6.07, 6.45) is 0.401. The van der Waals surface area contributed by atoms with E-state index in [0.29, 0.717) is 55.9 Å². The predicted octanol–water partition coefficient (Wildman–Crippen LogP) is -1.10. The topological polar surface area (TPSA) is 410 Å². The van der Waals surface area contributed by atoms with Crippen LogP contribution in [0.3, 0.4) is 0 Å². The molecule has 0 bridgehead atoms. The second-order valence-corrected chi connectivity index (χ2v) is 15.2. The molecule has 4 aromatic rings. The van der Waals surface area contributed by atoms with Crippen molar-refractivity contribution >= 4 is 88.8 Å². The zero-order valence-corrected chi connectivity index (χ0v) is 35.4. The van der Waals surface area contributed by atoms with Gasteiger partial charge in [-0.25, -0.2) is 9.59 Å². The van der Waals surface area contributed by atoms with E-state index >= 15 is 0 Å². The number of aromatic amines is 2. The van der Waals surface area contributed by atoms with Crippen molar-refractivity contribution < 1.29 is 48.8 Å². The van der Waals surface area contributed by atoms with Gasteiger partial charge < -0.3 is 72.8 Å². The van der Waals surface area contributed by atoms with E-state index in [4.69, 9.17) is 22.0 Å². The van der Waals surface area contributed by atoms with Gasteiger partial charge in [0.25, 0.3) is 29.4 Å². The number of aromatic nitrogens is 4. The fourth-order valence-corrected chi connectivity index (χ4v) is 7.40. The first-order valence-electron chi connectivity index (χ1n) is 20.4. The maximum absolute atomic E-state index is 12.4. The van der Waals surface area contributed by atoms with Gasteiger partial charge in [0, 0.05) is 61.5 Å². The molecule has 3 aliphatic heterocycles. The Balaban J connectivity index is 0.000000221. The minimum Gasteiger partial charge on any atom is -0.481 e. The van der Waals surface area contributed by atoms with Crippen LogP contribution in [0.1, 0.15) is 40.0 Å². The minimum absolute atomic E-state index is 0.0224. The largest absolute Gasteiger partial charge is 0.481 e. The Kier molecular flexibility index (Phi) is 15.0. The van der Waals surface area contributed by atoms with Crippen molar-refractivity contribution in [2.45, 2.75) is 43.4 Å². The molecular formula is C40H47N15O12. The molecular weight excluding hydrogens is 883 g/mol. The molecule has 1 fully saturated rings. The first-order chi connectivity index (χ1) is 32.1. The van der Waals surface area contributed by atoms with Gasteiger partial charge in [0.05, 0.1) is 31.7 Å². The Bertz CT molecular complexity index is 2630. The van der Waals surface area contributed by atoms with Crippen LogP contribution >= 0.6 is 0 Å². The van der Waals surface area contributed by atoms with Gasteiger partial charge in [-0.15, -0.1) is 0 Å². The zero-order chi connectivity index (χ0) is 48.4. The van der Waals surface area contributed by atoms with Crippen molar-refractivity contribution in [2.24, 2.45) is 0 Å². The molecule has 0 radical (unpaired) electrons. The standard InChI is InChI=1S/C20H24N8O6.C20H23N7O6/c21-9-28-13(8-24-16-15(28)18(31)27-20(22)26-16)7-23-12-3-1-11(2-4-12)17(30)25-14(19(32)33)5-6-34-10-29;21-20-24-16-15(18(31)25-20)27-9-26(8-12(27)7-22-16)11-3-1-10(2-4-11)17(30)23-13(19(32)33)5-6-14(28)29/h1-4,9-10,13-14,21,23H,5-8H2,(H,25,30)(H,32,33)(H4,22,24,26,27,31);1-4,12-13H,5-9H2,(H,23,30)(H,28,29)(H,32,33)(H4,21,22,24,25,31)/t13-,14-;12?,13-/m00/s1. The number of amides is 2. The molecule has 27 heteroatoms. The molecule has 0 saturated carbocycles. The van der Waals surface area contributed by atoms with Gasteiger partial charge in [-0.05, 0) is 55.0 Å². The van der Waals surface area contributed by atoms with E-state index in [1.807, 2.05) is 9.80 Å². The van der Waals surface area contributed by atoms with E-state index in [9.17, 15) is 48.6 Å². The van der Waals surface area contributed by atoms with E-state index in [1.54, 1.807) is 36.4 Å². The van der Waals surface area contributed by atoms with Crippen LogP contribution in [0.15, 0.2) is 58.1 Å².